The zero-order valence-corrected chi connectivity index (χ0v) is 15.1. The lowest BCUT2D eigenvalue weighted by Crippen LogP contribution is -2.43. The number of furan rings is 1. The second kappa shape index (κ2) is 8.35. The molecule has 1 atom stereocenters. The van der Waals surface area contributed by atoms with Gasteiger partial charge in [-0.3, -0.25) is 4.90 Å². The zero-order chi connectivity index (χ0) is 17.6. The molecule has 4 rings (SSSR count). The largest absolute Gasteiger partial charge is 0.467 e. The molecule has 1 aliphatic rings. The van der Waals surface area contributed by atoms with Gasteiger partial charge in [-0.1, -0.05) is 60.7 Å². The molecule has 134 valence electrons. The summed E-state index contributed by atoms with van der Waals surface area (Å²) < 4.78 is 5.72. The van der Waals surface area contributed by atoms with E-state index in [9.17, 15) is 0 Å². The van der Waals surface area contributed by atoms with Crippen LogP contribution in [-0.2, 0) is 6.54 Å². The highest BCUT2D eigenvalue weighted by Gasteiger charge is 2.24. The molecular weight excluding hydrogens is 320 g/mol. The summed E-state index contributed by atoms with van der Waals surface area (Å²) in [4.78, 5) is 2.55. The van der Waals surface area contributed by atoms with E-state index in [-0.39, 0.29) is 6.04 Å². The fraction of sp³-hybridized carbons (Fsp3) is 0.304. The Balaban J connectivity index is 1.37. The van der Waals surface area contributed by atoms with Crippen LogP contribution >= 0.6 is 0 Å². The van der Waals surface area contributed by atoms with Crippen molar-refractivity contribution in [1.29, 1.82) is 0 Å². The first-order valence-electron chi connectivity index (χ1n) is 9.49. The molecule has 3 nitrogen and oxygen atoms in total. The zero-order valence-electron chi connectivity index (χ0n) is 15.1. The summed E-state index contributed by atoms with van der Waals surface area (Å²) in [5.41, 5.74) is 2.66. The number of likely N-dealkylation sites (tertiary alicyclic amines) is 1. The number of hydrogen-bond donors (Lipinski definition) is 1. The lowest BCUT2D eigenvalue weighted by Gasteiger charge is -2.34. The molecule has 1 N–H and O–H groups in total. The molecular formula is C23H26N2O. The molecule has 0 aliphatic carbocycles. The van der Waals surface area contributed by atoms with Gasteiger partial charge in [0.2, 0.25) is 0 Å². The van der Waals surface area contributed by atoms with Gasteiger partial charge in [0, 0.05) is 12.6 Å². The topological polar surface area (TPSA) is 28.4 Å². The summed E-state index contributed by atoms with van der Waals surface area (Å²) in [5.74, 6) is 0.989. The molecule has 1 aliphatic heterocycles. The minimum Gasteiger partial charge on any atom is -0.467 e. The molecule has 0 amide bonds. The number of hydrogen-bond acceptors (Lipinski definition) is 3. The van der Waals surface area contributed by atoms with Crippen LogP contribution in [0.2, 0.25) is 0 Å². The molecule has 2 aromatic carbocycles. The minimum atomic E-state index is 0.122. The molecule has 3 aromatic rings. The first-order chi connectivity index (χ1) is 12.9. The first-order valence-corrected chi connectivity index (χ1v) is 9.49. The normalized spacial score (nSPS) is 17.2. The monoisotopic (exact) mass is 346 g/mol. The predicted octanol–water partition coefficient (Wildman–Crippen LogP) is 4.62. The van der Waals surface area contributed by atoms with Crippen LogP contribution in [0.1, 0.15) is 35.8 Å². The van der Waals surface area contributed by atoms with Gasteiger partial charge in [-0.2, -0.15) is 0 Å². The Morgan fingerprint density at radius 3 is 2.23 bits per heavy atom. The smallest absolute Gasteiger partial charge is 0.125 e. The van der Waals surface area contributed by atoms with Crippen molar-refractivity contribution in [1.82, 2.24) is 10.2 Å². The van der Waals surface area contributed by atoms with Crippen molar-refractivity contribution in [3.8, 4) is 0 Å². The second-order valence-corrected chi connectivity index (χ2v) is 7.06. The van der Waals surface area contributed by atoms with E-state index in [1.54, 1.807) is 6.26 Å². The van der Waals surface area contributed by atoms with Gasteiger partial charge < -0.3 is 9.73 Å². The highest BCUT2D eigenvalue weighted by molar-refractivity contribution is 5.26. The lowest BCUT2D eigenvalue weighted by molar-refractivity contribution is 0.184. The lowest BCUT2D eigenvalue weighted by atomic mass is 9.99. The van der Waals surface area contributed by atoms with Crippen molar-refractivity contribution >= 4 is 0 Å². The van der Waals surface area contributed by atoms with E-state index < -0.39 is 0 Å². The molecule has 1 fully saturated rings. The summed E-state index contributed by atoms with van der Waals surface area (Å²) in [6.45, 7) is 3.31. The van der Waals surface area contributed by atoms with Crippen molar-refractivity contribution < 1.29 is 4.42 Å². The third-order valence-corrected chi connectivity index (χ3v) is 5.20. The standard InChI is InChI=1S/C23H26N2O/c1-3-8-19(9-4-1)18-25-15-13-21(14-16-25)24-23(22-12-7-17-26-22)20-10-5-2-6-11-20/h1-12,17,21,23-24H,13-16,18H2. The predicted molar refractivity (Wildman–Crippen MR) is 105 cm³/mol. The van der Waals surface area contributed by atoms with Crippen LogP contribution in [0, 0.1) is 0 Å². The molecule has 0 radical (unpaired) electrons. The molecule has 26 heavy (non-hydrogen) atoms. The van der Waals surface area contributed by atoms with Crippen molar-refractivity contribution in [2.24, 2.45) is 0 Å². The summed E-state index contributed by atoms with van der Waals surface area (Å²) >= 11 is 0. The summed E-state index contributed by atoms with van der Waals surface area (Å²) in [6.07, 6.45) is 4.09. The van der Waals surface area contributed by atoms with Gasteiger partial charge in [0.1, 0.15) is 5.76 Å². The van der Waals surface area contributed by atoms with Crippen molar-refractivity contribution in [2.75, 3.05) is 13.1 Å². The first kappa shape index (κ1) is 17.1. The average molecular weight is 346 g/mol. The number of piperidine rings is 1. The maximum Gasteiger partial charge on any atom is 0.125 e. The molecule has 0 bridgehead atoms. The van der Waals surface area contributed by atoms with E-state index in [1.165, 1.54) is 11.1 Å². The highest BCUT2D eigenvalue weighted by Crippen LogP contribution is 2.25. The van der Waals surface area contributed by atoms with Crippen LogP contribution < -0.4 is 5.32 Å². The maximum absolute atomic E-state index is 5.72. The Kier molecular flexibility index (Phi) is 5.48. The van der Waals surface area contributed by atoms with E-state index in [4.69, 9.17) is 4.42 Å². The van der Waals surface area contributed by atoms with Gasteiger partial charge >= 0.3 is 0 Å². The Labute approximate surface area is 155 Å². The van der Waals surface area contributed by atoms with Gasteiger partial charge in [0.25, 0.3) is 0 Å². The van der Waals surface area contributed by atoms with Crippen LogP contribution in [0.15, 0.2) is 83.5 Å². The highest BCUT2D eigenvalue weighted by atomic mass is 16.3. The number of nitrogens with one attached hydrogen (secondary N) is 1. The second-order valence-electron chi connectivity index (χ2n) is 7.06. The van der Waals surface area contributed by atoms with Crippen LogP contribution in [0.4, 0.5) is 0 Å². The van der Waals surface area contributed by atoms with Crippen LogP contribution in [-0.4, -0.2) is 24.0 Å². The summed E-state index contributed by atoms with van der Waals surface area (Å²) in [7, 11) is 0. The fourth-order valence-electron chi connectivity index (χ4n) is 3.78. The molecule has 0 saturated carbocycles. The number of rotatable bonds is 6. The quantitative estimate of drug-likeness (QED) is 0.706. The van der Waals surface area contributed by atoms with Crippen LogP contribution in [0.5, 0.6) is 0 Å². The molecule has 1 saturated heterocycles. The average Bonchev–Trinajstić information content (AvgIpc) is 3.23. The maximum atomic E-state index is 5.72. The molecule has 1 unspecified atom stereocenters. The molecule has 2 heterocycles. The van der Waals surface area contributed by atoms with Gasteiger partial charge in [-0.05, 0) is 49.2 Å². The van der Waals surface area contributed by atoms with Crippen molar-refractivity contribution in [3.63, 3.8) is 0 Å². The van der Waals surface area contributed by atoms with Gasteiger partial charge in [-0.15, -0.1) is 0 Å². The molecule has 1 aromatic heterocycles. The minimum absolute atomic E-state index is 0.122. The van der Waals surface area contributed by atoms with Gasteiger partial charge in [-0.25, -0.2) is 0 Å². The Hall–Kier alpha value is -2.36. The number of benzene rings is 2. The Bertz CT molecular complexity index is 762. The number of nitrogens with zero attached hydrogens (tertiary/aromatic N) is 1. The molecule has 3 heteroatoms. The van der Waals surface area contributed by atoms with Crippen LogP contribution in [0.25, 0.3) is 0 Å². The van der Waals surface area contributed by atoms with E-state index in [2.05, 4.69) is 76.9 Å². The van der Waals surface area contributed by atoms with E-state index in [0.717, 1.165) is 38.2 Å². The summed E-state index contributed by atoms with van der Waals surface area (Å²) in [6, 6.07) is 26.0. The molecule has 0 spiro atoms. The van der Waals surface area contributed by atoms with Gasteiger partial charge in [0.05, 0.1) is 12.3 Å². The Morgan fingerprint density at radius 2 is 1.58 bits per heavy atom. The van der Waals surface area contributed by atoms with E-state index in [1.807, 2.05) is 6.07 Å². The SMILES string of the molecule is c1ccc(CN2CCC(NC(c3ccccc3)c3ccco3)CC2)cc1. The Morgan fingerprint density at radius 1 is 0.885 bits per heavy atom. The van der Waals surface area contributed by atoms with E-state index >= 15 is 0 Å². The third kappa shape index (κ3) is 4.24. The van der Waals surface area contributed by atoms with Crippen LogP contribution in [0.3, 0.4) is 0 Å². The van der Waals surface area contributed by atoms with Crippen molar-refractivity contribution in [3.05, 3.63) is 95.9 Å². The third-order valence-electron chi connectivity index (χ3n) is 5.20. The fourth-order valence-corrected chi connectivity index (χ4v) is 3.78. The summed E-state index contributed by atoms with van der Waals surface area (Å²) in [5, 5.41) is 3.84. The van der Waals surface area contributed by atoms with E-state index in [0.29, 0.717) is 6.04 Å². The van der Waals surface area contributed by atoms with Crippen molar-refractivity contribution in [2.45, 2.75) is 31.5 Å². The van der Waals surface area contributed by atoms with Gasteiger partial charge in [0.15, 0.2) is 0 Å².